The summed E-state index contributed by atoms with van der Waals surface area (Å²) in [5, 5.41) is 5.56. The highest BCUT2D eigenvalue weighted by atomic mass is 19.4. The number of carbonyl (C=O) groups excluding carboxylic acids is 1. The maximum absolute atomic E-state index is 13.2. The van der Waals surface area contributed by atoms with Crippen LogP contribution in [-0.2, 0) is 11.0 Å². The molecule has 3 rings (SSSR count). The molecular weight excluding hydrogens is 544 g/mol. The van der Waals surface area contributed by atoms with Crippen molar-refractivity contribution in [3.8, 4) is 5.75 Å². The largest absolute Gasteiger partial charge is 0.490 e. The van der Waals surface area contributed by atoms with Crippen molar-refractivity contribution in [2.24, 2.45) is 5.18 Å². The molecule has 40 heavy (non-hydrogen) atoms. The summed E-state index contributed by atoms with van der Waals surface area (Å²) in [4.78, 5) is 29.7. The lowest BCUT2D eigenvalue weighted by Gasteiger charge is -2.31. The summed E-state index contributed by atoms with van der Waals surface area (Å²) in [7, 11) is 1.33. The van der Waals surface area contributed by atoms with E-state index in [1.807, 2.05) is 11.8 Å². The summed E-state index contributed by atoms with van der Waals surface area (Å²) in [5.74, 6) is 0.114. The second-order valence-electron chi connectivity index (χ2n) is 9.59. The summed E-state index contributed by atoms with van der Waals surface area (Å²) < 4.78 is 83.3. The zero-order valence-electron chi connectivity index (χ0n) is 22.1. The summed E-state index contributed by atoms with van der Waals surface area (Å²) in [6.45, 7) is 2.74. The van der Waals surface area contributed by atoms with Crippen LogP contribution in [0.4, 0.5) is 43.5 Å². The molecule has 220 valence electrons. The molecule has 1 saturated carbocycles. The number of hydrogen-bond acceptors (Lipinski definition) is 7. The number of likely N-dealkylation sites (N-methyl/N-ethyl adjacent to an activating group) is 2. The first kappa shape index (κ1) is 31.0. The first-order valence-electron chi connectivity index (χ1n) is 12.8. The van der Waals surface area contributed by atoms with E-state index in [4.69, 9.17) is 4.74 Å². The standard InChI is InChI=1S/C26H31F6N5O3/c1-3-37(13-12-36(2)24(38)16-25(27,28)29)23-15-20(10-11-33-23)40-19-7-4-17(5-8-19)34-18-6-9-22(35-39)21(14-18)26(30,31)32/h6,9-11,14-15,17,19,34H,3-5,7-8,12-13,16H2,1-2H3. The number of aromatic nitrogens is 1. The molecule has 0 atom stereocenters. The van der Waals surface area contributed by atoms with Gasteiger partial charge in [-0.05, 0) is 62.0 Å². The fraction of sp³-hybridized carbons (Fsp3) is 0.538. The molecule has 1 aliphatic carbocycles. The zero-order valence-corrected chi connectivity index (χ0v) is 22.1. The number of rotatable bonds is 11. The Balaban J connectivity index is 1.53. The lowest BCUT2D eigenvalue weighted by atomic mass is 9.92. The molecule has 0 aliphatic heterocycles. The minimum atomic E-state index is -4.69. The van der Waals surface area contributed by atoms with Crippen molar-refractivity contribution in [2.45, 2.75) is 63.5 Å². The number of nitrogens with zero attached hydrogens (tertiary/aromatic N) is 4. The molecule has 0 radical (unpaired) electrons. The van der Waals surface area contributed by atoms with Gasteiger partial charge < -0.3 is 19.9 Å². The van der Waals surface area contributed by atoms with Gasteiger partial charge in [-0.2, -0.15) is 26.3 Å². The molecular formula is C26H31F6N5O3. The Morgan fingerprint density at radius 1 is 1.07 bits per heavy atom. The predicted octanol–water partition coefficient (Wildman–Crippen LogP) is 6.54. The zero-order chi connectivity index (χ0) is 29.5. The Labute approximate surface area is 227 Å². The SMILES string of the molecule is CCN(CCN(C)C(=O)CC(F)(F)F)c1cc(OC2CCC(Nc3ccc(N=O)c(C(F)(F)F)c3)CC2)ccn1. The van der Waals surface area contributed by atoms with Gasteiger partial charge in [0.05, 0.1) is 11.7 Å². The van der Waals surface area contributed by atoms with Gasteiger partial charge in [0.2, 0.25) is 5.91 Å². The fourth-order valence-corrected chi connectivity index (χ4v) is 4.47. The van der Waals surface area contributed by atoms with E-state index >= 15 is 0 Å². The highest BCUT2D eigenvalue weighted by Crippen LogP contribution is 2.38. The minimum Gasteiger partial charge on any atom is -0.490 e. The topological polar surface area (TPSA) is 87.1 Å². The molecule has 0 saturated heterocycles. The van der Waals surface area contributed by atoms with Gasteiger partial charge in [0, 0.05) is 50.7 Å². The van der Waals surface area contributed by atoms with E-state index in [0.29, 0.717) is 43.8 Å². The van der Waals surface area contributed by atoms with Crippen LogP contribution in [0.3, 0.4) is 0 Å². The number of halogens is 6. The van der Waals surface area contributed by atoms with E-state index in [1.165, 1.54) is 13.1 Å². The van der Waals surface area contributed by atoms with Crippen molar-refractivity contribution >= 4 is 23.1 Å². The predicted molar refractivity (Wildman–Crippen MR) is 138 cm³/mol. The molecule has 1 aromatic carbocycles. The van der Waals surface area contributed by atoms with E-state index in [-0.39, 0.29) is 30.9 Å². The Hall–Kier alpha value is -3.58. The molecule has 2 aromatic rings. The van der Waals surface area contributed by atoms with Crippen LogP contribution in [-0.4, -0.2) is 60.8 Å². The van der Waals surface area contributed by atoms with Crippen LogP contribution in [0, 0.1) is 4.91 Å². The third kappa shape index (κ3) is 8.98. The molecule has 1 amide bonds. The lowest BCUT2D eigenvalue weighted by Crippen LogP contribution is -2.38. The number of benzene rings is 1. The van der Waals surface area contributed by atoms with Crippen LogP contribution in [0.15, 0.2) is 41.7 Å². The van der Waals surface area contributed by atoms with E-state index in [9.17, 15) is 36.0 Å². The van der Waals surface area contributed by atoms with Crippen LogP contribution in [0.25, 0.3) is 0 Å². The maximum atomic E-state index is 13.2. The van der Waals surface area contributed by atoms with E-state index in [2.05, 4.69) is 15.5 Å². The smallest absolute Gasteiger partial charge is 0.418 e. The van der Waals surface area contributed by atoms with Crippen LogP contribution >= 0.6 is 0 Å². The second kappa shape index (κ2) is 13.2. The van der Waals surface area contributed by atoms with Crippen LogP contribution < -0.4 is 15.0 Å². The third-order valence-corrected chi connectivity index (χ3v) is 6.65. The molecule has 0 bridgehead atoms. The van der Waals surface area contributed by atoms with Gasteiger partial charge in [0.1, 0.15) is 23.7 Å². The number of hydrogen-bond donors (Lipinski definition) is 1. The molecule has 0 unspecified atom stereocenters. The van der Waals surface area contributed by atoms with Crippen molar-refractivity contribution in [1.82, 2.24) is 9.88 Å². The second-order valence-corrected chi connectivity index (χ2v) is 9.59. The van der Waals surface area contributed by atoms with Gasteiger partial charge in [-0.15, -0.1) is 4.91 Å². The summed E-state index contributed by atoms with van der Waals surface area (Å²) in [5.41, 5.74) is -1.48. The highest BCUT2D eigenvalue weighted by Gasteiger charge is 2.35. The number of carbonyl (C=O) groups is 1. The molecule has 14 heteroatoms. The van der Waals surface area contributed by atoms with Crippen LogP contribution in [0.5, 0.6) is 5.75 Å². The van der Waals surface area contributed by atoms with Gasteiger partial charge in [0.25, 0.3) is 0 Å². The molecule has 1 heterocycles. The van der Waals surface area contributed by atoms with Gasteiger partial charge in [-0.25, -0.2) is 4.98 Å². The van der Waals surface area contributed by atoms with Gasteiger partial charge in [-0.3, -0.25) is 4.79 Å². The minimum absolute atomic E-state index is 0.0726. The number of ether oxygens (including phenoxy) is 1. The highest BCUT2D eigenvalue weighted by molar-refractivity contribution is 5.76. The number of pyridine rings is 1. The average Bonchev–Trinajstić information content (AvgIpc) is 2.89. The van der Waals surface area contributed by atoms with Gasteiger partial charge >= 0.3 is 12.4 Å². The number of amides is 1. The Morgan fingerprint density at radius 3 is 2.38 bits per heavy atom. The number of alkyl halides is 6. The first-order chi connectivity index (χ1) is 18.8. The normalized spacial score (nSPS) is 17.7. The summed E-state index contributed by atoms with van der Waals surface area (Å²) in [6.07, 6.45) is -6.71. The molecule has 1 fully saturated rings. The quantitative estimate of drug-likeness (QED) is 0.242. The summed E-state index contributed by atoms with van der Waals surface area (Å²) >= 11 is 0. The van der Waals surface area contributed by atoms with E-state index < -0.39 is 35.9 Å². The maximum Gasteiger partial charge on any atom is 0.418 e. The van der Waals surface area contributed by atoms with Crippen LogP contribution in [0.2, 0.25) is 0 Å². The Morgan fingerprint density at radius 2 is 1.77 bits per heavy atom. The Bertz CT molecular complexity index is 1150. The van der Waals surface area contributed by atoms with E-state index in [1.54, 1.807) is 18.3 Å². The van der Waals surface area contributed by atoms with Crippen molar-refractivity contribution < 1.29 is 35.9 Å². The molecule has 0 spiro atoms. The first-order valence-corrected chi connectivity index (χ1v) is 12.8. The lowest BCUT2D eigenvalue weighted by molar-refractivity contribution is -0.160. The molecule has 1 aliphatic rings. The van der Waals surface area contributed by atoms with Crippen molar-refractivity contribution in [3.63, 3.8) is 0 Å². The van der Waals surface area contributed by atoms with Gasteiger partial charge in [0.15, 0.2) is 0 Å². The fourth-order valence-electron chi connectivity index (χ4n) is 4.47. The van der Waals surface area contributed by atoms with Crippen molar-refractivity contribution in [3.05, 3.63) is 47.0 Å². The summed E-state index contributed by atoms with van der Waals surface area (Å²) in [6, 6.07) is 6.69. The number of anilines is 2. The molecule has 1 N–H and O–H groups in total. The monoisotopic (exact) mass is 575 g/mol. The van der Waals surface area contributed by atoms with Crippen molar-refractivity contribution in [2.75, 3.05) is 36.9 Å². The van der Waals surface area contributed by atoms with E-state index in [0.717, 1.165) is 17.0 Å². The number of nitrogens with one attached hydrogen (secondary N) is 1. The third-order valence-electron chi connectivity index (χ3n) is 6.65. The Kier molecular flexibility index (Phi) is 10.2. The number of nitroso groups, excluding NO2 is 1. The molecule has 8 nitrogen and oxygen atoms in total. The van der Waals surface area contributed by atoms with Crippen LogP contribution in [0.1, 0.15) is 44.6 Å². The van der Waals surface area contributed by atoms with Gasteiger partial charge in [-0.1, -0.05) is 0 Å². The molecule has 1 aromatic heterocycles. The van der Waals surface area contributed by atoms with Crippen molar-refractivity contribution in [1.29, 1.82) is 0 Å². The average molecular weight is 576 g/mol.